The summed E-state index contributed by atoms with van der Waals surface area (Å²) in [6.07, 6.45) is 10.2. The fourth-order valence-corrected chi connectivity index (χ4v) is 3.79. The van der Waals surface area contributed by atoms with Crippen LogP contribution < -0.4 is 0 Å². The lowest BCUT2D eigenvalue weighted by atomic mass is 9.99. The molecule has 0 spiro atoms. The van der Waals surface area contributed by atoms with Crippen LogP contribution in [-0.4, -0.2) is 66.8 Å². The first-order valence-corrected chi connectivity index (χ1v) is 8.60. The molecular weight excluding hydrogens is 292 g/mol. The molecule has 0 radical (unpaired) electrons. The van der Waals surface area contributed by atoms with Crippen molar-refractivity contribution in [1.29, 1.82) is 0 Å². The Bertz CT molecular complexity index is 507. The molecule has 3 aliphatic heterocycles. The lowest BCUT2D eigenvalue weighted by molar-refractivity contribution is -0.142. The van der Waals surface area contributed by atoms with Crippen LogP contribution in [0.5, 0.6) is 0 Å². The molecule has 3 heterocycles. The first-order valence-electron chi connectivity index (χ1n) is 8.60. The topological polar surface area (TPSA) is 57.5 Å². The monoisotopic (exact) mass is 318 g/mol. The Hall–Kier alpha value is -1.45. The highest BCUT2D eigenvalue weighted by molar-refractivity contribution is 5.77. The fraction of sp³-hybridized carbons (Fsp3) is 0.824. The summed E-state index contributed by atoms with van der Waals surface area (Å²) in [7, 11) is 2.14. The van der Waals surface area contributed by atoms with Crippen molar-refractivity contribution < 1.29 is 9.53 Å². The summed E-state index contributed by atoms with van der Waals surface area (Å²) in [5.41, 5.74) is -0.367. The molecule has 0 bridgehead atoms. The maximum Gasteiger partial charge on any atom is 0.223 e. The number of carbonyl (C=O) groups is 1. The van der Waals surface area contributed by atoms with Crippen LogP contribution in [0.2, 0.25) is 0 Å². The highest BCUT2D eigenvalue weighted by Gasteiger charge is 2.41. The summed E-state index contributed by atoms with van der Waals surface area (Å²) in [4.78, 5) is 17.1. The maximum atomic E-state index is 12.7. The van der Waals surface area contributed by atoms with Gasteiger partial charge in [-0.15, -0.1) is 12.3 Å². The van der Waals surface area contributed by atoms with Gasteiger partial charge in [-0.25, -0.2) is 0 Å². The van der Waals surface area contributed by atoms with E-state index in [0.29, 0.717) is 45.1 Å². The summed E-state index contributed by atoms with van der Waals surface area (Å²) in [5.74, 6) is 2.83. The lowest BCUT2D eigenvalue weighted by Gasteiger charge is -2.41. The molecule has 0 aromatic heterocycles. The van der Waals surface area contributed by atoms with Gasteiger partial charge in [0.25, 0.3) is 0 Å². The van der Waals surface area contributed by atoms with Gasteiger partial charge >= 0.3 is 0 Å². The Morgan fingerprint density at radius 1 is 1.35 bits per heavy atom. The molecule has 3 rings (SSSR count). The van der Waals surface area contributed by atoms with E-state index in [-0.39, 0.29) is 17.6 Å². The highest BCUT2D eigenvalue weighted by Crippen LogP contribution is 2.38. The van der Waals surface area contributed by atoms with Gasteiger partial charge in [-0.3, -0.25) is 4.79 Å². The van der Waals surface area contributed by atoms with E-state index in [1.165, 1.54) is 6.42 Å². The predicted octanol–water partition coefficient (Wildman–Crippen LogP) is 1.66. The first kappa shape index (κ1) is 16.4. The summed E-state index contributed by atoms with van der Waals surface area (Å²) in [6.45, 7) is 3.09. The normalized spacial score (nSPS) is 29.5. The van der Waals surface area contributed by atoms with Crippen molar-refractivity contribution >= 4 is 5.91 Å². The predicted molar refractivity (Wildman–Crippen MR) is 86.9 cm³/mol. The second kappa shape index (κ2) is 6.98. The van der Waals surface area contributed by atoms with Gasteiger partial charge in [0.05, 0.1) is 19.3 Å². The van der Waals surface area contributed by atoms with Crippen LogP contribution in [-0.2, 0) is 9.53 Å². The molecule has 2 fully saturated rings. The number of likely N-dealkylation sites (tertiary alicyclic amines) is 1. The molecule has 6 nitrogen and oxygen atoms in total. The molecule has 3 aliphatic rings. The second-order valence-electron chi connectivity index (χ2n) is 6.81. The number of terminal acetylenes is 1. The lowest BCUT2D eigenvalue weighted by Crippen LogP contribution is -2.56. The SMILES string of the molecule is C#CCCC1(CCC(=O)N2CCOCC2C2CCCN2C)N=N1. The van der Waals surface area contributed by atoms with E-state index in [1.54, 1.807) is 0 Å². The molecule has 0 aromatic rings. The number of morpholine rings is 1. The van der Waals surface area contributed by atoms with Crippen LogP contribution >= 0.6 is 0 Å². The Balaban J connectivity index is 1.55. The van der Waals surface area contributed by atoms with Crippen molar-refractivity contribution in [2.24, 2.45) is 10.2 Å². The number of nitrogens with zero attached hydrogens (tertiary/aromatic N) is 4. The molecule has 0 saturated carbocycles. The van der Waals surface area contributed by atoms with Gasteiger partial charge in [0.1, 0.15) is 0 Å². The van der Waals surface area contributed by atoms with Crippen LogP contribution in [0.25, 0.3) is 0 Å². The van der Waals surface area contributed by atoms with E-state index < -0.39 is 0 Å². The van der Waals surface area contributed by atoms with E-state index >= 15 is 0 Å². The van der Waals surface area contributed by atoms with Gasteiger partial charge in [0, 0.05) is 38.3 Å². The zero-order valence-electron chi connectivity index (χ0n) is 13.9. The third kappa shape index (κ3) is 3.73. The van der Waals surface area contributed by atoms with Crippen molar-refractivity contribution in [3.63, 3.8) is 0 Å². The van der Waals surface area contributed by atoms with Gasteiger partial charge in [0.2, 0.25) is 5.91 Å². The van der Waals surface area contributed by atoms with Crippen molar-refractivity contribution in [2.75, 3.05) is 33.4 Å². The minimum atomic E-state index is -0.367. The largest absolute Gasteiger partial charge is 0.377 e. The molecular formula is C17H26N4O2. The smallest absolute Gasteiger partial charge is 0.223 e. The van der Waals surface area contributed by atoms with Gasteiger partial charge in [0.15, 0.2) is 5.66 Å². The quantitative estimate of drug-likeness (QED) is 0.700. The van der Waals surface area contributed by atoms with E-state index in [1.807, 2.05) is 4.90 Å². The van der Waals surface area contributed by atoms with Gasteiger partial charge in [-0.2, -0.15) is 10.2 Å². The number of hydrogen-bond donors (Lipinski definition) is 0. The van der Waals surface area contributed by atoms with Crippen LogP contribution in [0.1, 0.15) is 38.5 Å². The van der Waals surface area contributed by atoms with E-state index in [9.17, 15) is 4.79 Å². The molecule has 0 aliphatic carbocycles. The van der Waals surface area contributed by atoms with Gasteiger partial charge < -0.3 is 14.5 Å². The molecule has 126 valence electrons. The van der Waals surface area contributed by atoms with Gasteiger partial charge in [-0.1, -0.05) is 0 Å². The fourth-order valence-electron chi connectivity index (χ4n) is 3.79. The number of carbonyl (C=O) groups excluding carboxylic acids is 1. The summed E-state index contributed by atoms with van der Waals surface area (Å²) in [5, 5.41) is 8.25. The Kier molecular flexibility index (Phi) is 4.98. The van der Waals surface area contributed by atoms with Crippen LogP contribution in [0.3, 0.4) is 0 Å². The molecule has 6 heteroatoms. The summed E-state index contributed by atoms with van der Waals surface area (Å²) >= 11 is 0. The average molecular weight is 318 g/mol. The standard InChI is InChI=1S/C17H26N4O2/c1-3-4-8-17(18-19-17)9-7-16(22)21-11-12-23-13-15(21)14-6-5-10-20(14)2/h1,14-15H,4-13H2,2H3. The zero-order chi connectivity index (χ0) is 16.3. The Labute approximate surface area is 138 Å². The number of likely N-dealkylation sites (N-methyl/N-ethyl adjacent to an activating group) is 1. The number of hydrogen-bond acceptors (Lipinski definition) is 5. The minimum absolute atomic E-state index is 0.179. The second-order valence-corrected chi connectivity index (χ2v) is 6.81. The Morgan fingerprint density at radius 3 is 2.83 bits per heavy atom. The van der Waals surface area contributed by atoms with Gasteiger partial charge in [-0.05, 0) is 26.4 Å². The summed E-state index contributed by atoms with van der Waals surface area (Å²) < 4.78 is 5.65. The third-order valence-electron chi connectivity index (χ3n) is 5.30. The maximum absolute atomic E-state index is 12.7. The van der Waals surface area contributed by atoms with Crippen molar-refractivity contribution in [3.8, 4) is 12.3 Å². The number of ether oxygens (including phenoxy) is 1. The molecule has 2 saturated heterocycles. The summed E-state index contributed by atoms with van der Waals surface area (Å²) in [6, 6.07) is 0.600. The highest BCUT2D eigenvalue weighted by atomic mass is 16.5. The molecule has 2 atom stereocenters. The van der Waals surface area contributed by atoms with Crippen LogP contribution in [0, 0.1) is 12.3 Å². The molecule has 1 amide bonds. The third-order valence-corrected chi connectivity index (χ3v) is 5.30. The molecule has 23 heavy (non-hydrogen) atoms. The van der Waals surface area contributed by atoms with Crippen molar-refractivity contribution in [3.05, 3.63) is 0 Å². The minimum Gasteiger partial charge on any atom is -0.377 e. The van der Waals surface area contributed by atoms with Crippen molar-refractivity contribution in [2.45, 2.75) is 56.3 Å². The molecule has 0 N–H and O–H groups in total. The van der Waals surface area contributed by atoms with E-state index in [0.717, 1.165) is 19.4 Å². The molecule has 2 unspecified atom stereocenters. The average Bonchev–Trinajstić information content (AvgIpc) is 3.23. The Morgan fingerprint density at radius 2 is 2.17 bits per heavy atom. The molecule has 0 aromatic carbocycles. The van der Waals surface area contributed by atoms with Crippen molar-refractivity contribution in [1.82, 2.24) is 9.80 Å². The van der Waals surface area contributed by atoms with Crippen LogP contribution in [0.15, 0.2) is 10.2 Å². The number of rotatable bonds is 6. The number of amides is 1. The first-order chi connectivity index (χ1) is 11.2. The van der Waals surface area contributed by atoms with E-state index in [2.05, 4.69) is 28.1 Å². The zero-order valence-corrected chi connectivity index (χ0v) is 13.9. The van der Waals surface area contributed by atoms with Crippen LogP contribution in [0.4, 0.5) is 0 Å². The van der Waals surface area contributed by atoms with E-state index in [4.69, 9.17) is 11.2 Å².